The molecule has 0 saturated carbocycles. The van der Waals surface area contributed by atoms with Crippen LogP contribution in [0, 0.1) is 0 Å². The molecule has 0 spiro atoms. The van der Waals surface area contributed by atoms with Gasteiger partial charge in [-0.25, -0.2) is 4.79 Å². The lowest BCUT2D eigenvalue weighted by atomic mass is 9.88. The predicted molar refractivity (Wildman–Crippen MR) is 130 cm³/mol. The molecule has 0 saturated heterocycles. The fraction of sp³-hybridized carbons (Fsp3) is 0.385. The zero-order chi connectivity index (χ0) is 24.5. The highest BCUT2D eigenvalue weighted by molar-refractivity contribution is 6.66. The third kappa shape index (κ3) is 6.74. The molecule has 0 fully saturated rings. The van der Waals surface area contributed by atoms with E-state index >= 15 is 0 Å². The van der Waals surface area contributed by atoms with E-state index in [4.69, 9.17) is 30.5 Å². The Balaban J connectivity index is 1.76. The van der Waals surface area contributed by atoms with Gasteiger partial charge in [-0.15, -0.1) is 0 Å². The average molecular weight is 488 g/mol. The van der Waals surface area contributed by atoms with Gasteiger partial charge in [0.2, 0.25) is 5.24 Å². The molecule has 0 radical (unpaired) electrons. The molecular weight excluding hydrogens is 458 g/mol. The van der Waals surface area contributed by atoms with Gasteiger partial charge in [0.15, 0.2) is 11.5 Å². The molecule has 2 aromatic rings. The molecule has 182 valence electrons. The molecule has 0 N–H and O–H groups in total. The summed E-state index contributed by atoms with van der Waals surface area (Å²) in [4.78, 5) is 24.8. The van der Waals surface area contributed by atoms with Crippen molar-refractivity contribution in [3.63, 3.8) is 0 Å². The molecule has 3 rings (SSSR count). The highest BCUT2D eigenvalue weighted by Crippen LogP contribution is 2.39. The molecule has 1 aliphatic heterocycles. The number of fused-ring (bicyclic) bond motifs is 1. The molecule has 1 aliphatic rings. The number of allylic oxidation sites excluding steroid dienone is 1. The molecular formula is C26H30ClNO6. The van der Waals surface area contributed by atoms with Gasteiger partial charge in [-0.1, -0.05) is 12.1 Å². The summed E-state index contributed by atoms with van der Waals surface area (Å²) in [5.74, 6) is 1.68. The molecule has 7 nitrogen and oxygen atoms in total. The second-order valence-corrected chi connectivity index (χ2v) is 8.29. The van der Waals surface area contributed by atoms with Crippen molar-refractivity contribution < 1.29 is 28.5 Å². The summed E-state index contributed by atoms with van der Waals surface area (Å²) in [6.07, 6.45) is 4.38. The van der Waals surface area contributed by atoms with Gasteiger partial charge in [0.1, 0.15) is 5.75 Å². The summed E-state index contributed by atoms with van der Waals surface area (Å²) < 4.78 is 21.6. The lowest BCUT2D eigenvalue weighted by Crippen LogP contribution is -2.37. The SMILES string of the molecule is COc1ccc(CC2c3cc(OC)c(OC)cc3CCN2CCCOC(=O)/C=C\C(=O)Cl)cc1. The van der Waals surface area contributed by atoms with Crippen molar-refractivity contribution in [2.75, 3.05) is 41.0 Å². The second kappa shape index (κ2) is 12.4. The van der Waals surface area contributed by atoms with Gasteiger partial charge < -0.3 is 18.9 Å². The van der Waals surface area contributed by atoms with Crippen LogP contribution < -0.4 is 14.2 Å². The van der Waals surface area contributed by atoms with Gasteiger partial charge in [0.05, 0.1) is 27.9 Å². The van der Waals surface area contributed by atoms with Crippen LogP contribution in [0.25, 0.3) is 0 Å². The molecule has 2 aromatic carbocycles. The Morgan fingerprint density at radius 2 is 1.74 bits per heavy atom. The van der Waals surface area contributed by atoms with E-state index in [1.54, 1.807) is 21.3 Å². The van der Waals surface area contributed by atoms with E-state index in [0.717, 1.165) is 49.6 Å². The minimum absolute atomic E-state index is 0.126. The van der Waals surface area contributed by atoms with Crippen LogP contribution in [0.3, 0.4) is 0 Å². The molecule has 1 unspecified atom stereocenters. The Labute approximate surface area is 205 Å². The van der Waals surface area contributed by atoms with E-state index in [1.165, 1.54) is 16.7 Å². The first kappa shape index (κ1) is 25.6. The van der Waals surface area contributed by atoms with Crippen molar-refractivity contribution in [3.8, 4) is 17.2 Å². The molecule has 0 aromatic heterocycles. The van der Waals surface area contributed by atoms with Gasteiger partial charge in [-0.3, -0.25) is 9.69 Å². The first-order valence-electron chi connectivity index (χ1n) is 11.1. The maximum atomic E-state index is 11.7. The van der Waals surface area contributed by atoms with Crippen LogP contribution in [-0.2, 0) is 27.2 Å². The summed E-state index contributed by atoms with van der Waals surface area (Å²) in [6, 6.07) is 12.4. The predicted octanol–water partition coefficient (Wildman–Crippen LogP) is 4.11. The molecule has 0 amide bonds. The van der Waals surface area contributed by atoms with Crippen LogP contribution in [0.5, 0.6) is 17.2 Å². The van der Waals surface area contributed by atoms with E-state index < -0.39 is 11.2 Å². The van der Waals surface area contributed by atoms with Crippen molar-refractivity contribution >= 4 is 22.8 Å². The van der Waals surface area contributed by atoms with E-state index in [-0.39, 0.29) is 12.6 Å². The Morgan fingerprint density at radius 3 is 2.38 bits per heavy atom. The number of rotatable bonds is 11. The zero-order valence-electron chi connectivity index (χ0n) is 19.7. The summed E-state index contributed by atoms with van der Waals surface area (Å²) in [5, 5.41) is -0.711. The Hall–Kier alpha value is -3.03. The first-order valence-corrected chi connectivity index (χ1v) is 11.5. The van der Waals surface area contributed by atoms with Crippen LogP contribution in [0.2, 0.25) is 0 Å². The van der Waals surface area contributed by atoms with Crippen LogP contribution in [0.4, 0.5) is 0 Å². The number of ether oxygens (including phenoxy) is 4. The number of carbonyl (C=O) groups excluding carboxylic acids is 2. The Kier molecular flexibility index (Phi) is 9.36. The number of nitrogens with zero attached hydrogens (tertiary/aromatic N) is 1. The standard InChI is InChI=1S/C26H30ClNO6/c1-31-20-7-5-18(6-8-20)15-22-21-17-24(33-3)23(32-2)16-19(21)11-13-28(22)12-4-14-34-26(30)10-9-25(27)29/h5-10,16-17,22H,4,11-15H2,1-3H3/b10-9-. The summed E-state index contributed by atoms with van der Waals surface area (Å²) in [5.41, 5.74) is 3.65. The monoisotopic (exact) mass is 487 g/mol. The van der Waals surface area contributed by atoms with Crippen LogP contribution >= 0.6 is 11.6 Å². The number of hydrogen-bond donors (Lipinski definition) is 0. The first-order chi connectivity index (χ1) is 16.4. The molecule has 0 aliphatic carbocycles. The fourth-order valence-corrected chi connectivity index (χ4v) is 4.26. The number of carbonyl (C=O) groups is 2. The van der Waals surface area contributed by atoms with Crippen molar-refractivity contribution in [2.24, 2.45) is 0 Å². The zero-order valence-corrected chi connectivity index (χ0v) is 20.5. The highest BCUT2D eigenvalue weighted by atomic mass is 35.5. The van der Waals surface area contributed by atoms with E-state index in [0.29, 0.717) is 12.2 Å². The maximum absolute atomic E-state index is 11.7. The van der Waals surface area contributed by atoms with Gasteiger partial charge >= 0.3 is 5.97 Å². The van der Waals surface area contributed by atoms with E-state index in [2.05, 4.69) is 29.2 Å². The van der Waals surface area contributed by atoms with Crippen molar-refractivity contribution in [3.05, 3.63) is 65.2 Å². The number of halogens is 1. The number of methoxy groups -OCH3 is 3. The minimum Gasteiger partial charge on any atom is -0.497 e. The van der Waals surface area contributed by atoms with E-state index in [9.17, 15) is 9.59 Å². The normalized spacial score (nSPS) is 15.6. The Morgan fingerprint density at radius 1 is 1.03 bits per heavy atom. The van der Waals surface area contributed by atoms with Crippen LogP contribution in [-0.4, -0.2) is 57.1 Å². The number of benzene rings is 2. The summed E-state index contributed by atoms with van der Waals surface area (Å²) in [6.45, 7) is 1.88. The number of esters is 1. The van der Waals surface area contributed by atoms with E-state index in [1.807, 2.05) is 12.1 Å². The highest BCUT2D eigenvalue weighted by Gasteiger charge is 2.29. The largest absolute Gasteiger partial charge is 0.497 e. The summed E-state index contributed by atoms with van der Waals surface area (Å²) in [7, 11) is 4.95. The van der Waals surface area contributed by atoms with Crippen LogP contribution in [0.15, 0.2) is 48.6 Å². The molecule has 1 heterocycles. The second-order valence-electron chi connectivity index (χ2n) is 7.92. The fourth-order valence-electron chi connectivity index (χ4n) is 4.19. The van der Waals surface area contributed by atoms with Crippen molar-refractivity contribution in [1.29, 1.82) is 0 Å². The molecule has 1 atom stereocenters. The van der Waals surface area contributed by atoms with Crippen LogP contribution in [0.1, 0.15) is 29.2 Å². The lowest BCUT2D eigenvalue weighted by molar-refractivity contribution is -0.138. The van der Waals surface area contributed by atoms with Gasteiger partial charge in [-0.05, 0) is 71.8 Å². The molecule has 34 heavy (non-hydrogen) atoms. The molecule has 0 bridgehead atoms. The third-order valence-corrected chi connectivity index (χ3v) is 6.01. The van der Waals surface area contributed by atoms with Crippen molar-refractivity contribution in [1.82, 2.24) is 4.90 Å². The smallest absolute Gasteiger partial charge is 0.330 e. The van der Waals surface area contributed by atoms with Gasteiger partial charge in [-0.2, -0.15) is 0 Å². The van der Waals surface area contributed by atoms with Gasteiger partial charge in [0, 0.05) is 31.3 Å². The topological polar surface area (TPSA) is 74.3 Å². The van der Waals surface area contributed by atoms with Gasteiger partial charge in [0.25, 0.3) is 0 Å². The Bertz CT molecular complexity index is 1020. The lowest BCUT2D eigenvalue weighted by Gasteiger charge is -2.38. The van der Waals surface area contributed by atoms with Crippen molar-refractivity contribution in [2.45, 2.75) is 25.3 Å². The minimum atomic E-state index is -0.711. The molecule has 8 heteroatoms. The average Bonchev–Trinajstić information content (AvgIpc) is 2.85. The quantitative estimate of drug-likeness (QED) is 0.204. The third-order valence-electron chi connectivity index (χ3n) is 5.89. The number of hydrogen-bond acceptors (Lipinski definition) is 7. The maximum Gasteiger partial charge on any atom is 0.330 e. The summed E-state index contributed by atoms with van der Waals surface area (Å²) >= 11 is 5.20.